The van der Waals surface area contributed by atoms with Crippen LogP contribution in [0.2, 0.25) is 0 Å². The van der Waals surface area contributed by atoms with Crippen molar-refractivity contribution in [2.75, 3.05) is 6.54 Å². The molecule has 0 fully saturated rings. The normalized spacial score (nSPS) is 12.3. The van der Waals surface area contributed by atoms with Gasteiger partial charge < -0.3 is 5.32 Å². The average molecular weight is 255 g/mol. The van der Waals surface area contributed by atoms with Gasteiger partial charge in [-0.1, -0.05) is 31.2 Å². The second-order valence-electron chi connectivity index (χ2n) is 4.85. The lowest BCUT2D eigenvalue weighted by molar-refractivity contribution is 0.543. The molecule has 1 aromatic heterocycles. The van der Waals surface area contributed by atoms with E-state index in [1.54, 1.807) is 18.6 Å². The highest BCUT2D eigenvalue weighted by Crippen LogP contribution is 2.16. The van der Waals surface area contributed by atoms with Crippen molar-refractivity contribution in [3.63, 3.8) is 0 Å². The third kappa shape index (κ3) is 4.14. The molecule has 0 saturated carbocycles. The summed E-state index contributed by atoms with van der Waals surface area (Å²) in [5, 5.41) is 3.50. The number of rotatable bonds is 6. The smallest absolute Gasteiger partial charge is 0.0885 e. The molecule has 19 heavy (non-hydrogen) atoms. The van der Waals surface area contributed by atoms with E-state index in [9.17, 15) is 0 Å². The molecule has 1 atom stereocenters. The fourth-order valence-corrected chi connectivity index (χ4v) is 2.08. The number of hydrogen-bond acceptors (Lipinski definition) is 3. The summed E-state index contributed by atoms with van der Waals surface area (Å²) < 4.78 is 0. The molecular weight excluding hydrogens is 234 g/mol. The van der Waals surface area contributed by atoms with E-state index in [1.165, 1.54) is 12.0 Å². The molecule has 0 bridgehead atoms. The first-order valence-corrected chi connectivity index (χ1v) is 6.88. The van der Waals surface area contributed by atoms with Gasteiger partial charge in [-0.2, -0.15) is 0 Å². The molecule has 2 aromatic rings. The Morgan fingerprint density at radius 3 is 2.58 bits per heavy atom. The van der Waals surface area contributed by atoms with Gasteiger partial charge in [-0.05, 0) is 31.9 Å². The summed E-state index contributed by atoms with van der Waals surface area (Å²) in [6.45, 7) is 5.50. The van der Waals surface area contributed by atoms with Gasteiger partial charge in [-0.3, -0.25) is 9.97 Å². The van der Waals surface area contributed by atoms with E-state index in [2.05, 4.69) is 53.4 Å². The highest BCUT2D eigenvalue weighted by Gasteiger charge is 2.03. The van der Waals surface area contributed by atoms with E-state index in [0.29, 0.717) is 6.04 Å². The Hall–Kier alpha value is -1.74. The van der Waals surface area contributed by atoms with Gasteiger partial charge in [0.2, 0.25) is 0 Å². The van der Waals surface area contributed by atoms with Crippen LogP contribution >= 0.6 is 0 Å². The number of hydrogen-bond donors (Lipinski definition) is 1. The molecule has 1 heterocycles. The number of nitrogens with one attached hydrogen (secondary N) is 1. The maximum Gasteiger partial charge on any atom is 0.0885 e. The molecule has 0 aliphatic carbocycles. The molecular formula is C16H21N3. The SMILES string of the molecule is CCCNC(C)Cc1ccc(-c2cnccn2)cc1. The number of aromatic nitrogens is 2. The summed E-state index contributed by atoms with van der Waals surface area (Å²) in [4.78, 5) is 8.40. The summed E-state index contributed by atoms with van der Waals surface area (Å²) in [6, 6.07) is 9.10. The first kappa shape index (κ1) is 13.7. The Kier molecular flexibility index (Phi) is 5.04. The second kappa shape index (κ2) is 7.00. The van der Waals surface area contributed by atoms with Crippen LogP contribution in [-0.2, 0) is 6.42 Å². The lowest BCUT2D eigenvalue weighted by Crippen LogP contribution is -2.28. The minimum absolute atomic E-state index is 0.516. The molecule has 1 unspecified atom stereocenters. The topological polar surface area (TPSA) is 37.8 Å². The predicted octanol–water partition coefficient (Wildman–Crippen LogP) is 3.07. The fraction of sp³-hybridized carbons (Fsp3) is 0.375. The Morgan fingerprint density at radius 1 is 1.16 bits per heavy atom. The Balaban J connectivity index is 1.99. The molecule has 3 heteroatoms. The van der Waals surface area contributed by atoms with Crippen LogP contribution in [-0.4, -0.2) is 22.6 Å². The van der Waals surface area contributed by atoms with Crippen molar-refractivity contribution in [2.24, 2.45) is 0 Å². The zero-order valence-electron chi connectivity index (χ0n) is 11.6. The van der Waals surface area contributed by atoms with Gasteiger partial charge in [-0.15, -0.1) is 0 Å². The van der Waals surface area contributed by atoms with Crippen molar-refractivity contribution in [1.29, 1.82) is 0 Å². The molecule has 0 aliphatic rings. The lowest BCUT2D eigenvalue weighted by Gasteiger charge is -2.13. The average Bonchev–Trinajstić information content (AvgIpc) is 2.47. The van der Waals surface area contributed by atoms with Crippen molar-refractivity contribution in [1.82, 2.24) is 15.3 Å². The summed E-state index contributed by atoms with van der Waals surface area (Å²) in [7, 11) is 0. The molecule has 0 amide bonds. The Morgan fingerprint density at radius 2 is 1.95 bits per heavy atom. The molecule has 1 aromatic carbocycles. The monoisotopic (exact) mass is 255 g/mol. The van der Waals surface area contributed by atoms with Gasteiger partial charge in [0.15, 0.2) is 0 Å². The molecule has 3 nitrogen and oxygen atoms in total. The highest BCUT2D eigenvalue weighted by atomic mass is 14.9. The zero-order chi connectivity index (χ0) is 13.5. The van der Waals surface area contributed by atoms with E-state index >= 15 is 0 Å². The van der Waals surface area contributed by atoms with Crippen molar-refractivity contribution >= 4 is 0 Å². The van der Waals surface area contributed by atoms with Crippen LogP contribution in [0.25, 0.3) is 11.3 Å². The van der Waals surface area contributed by atoms with Gasteiger partial charge in [0, 0.05) is 24.0 Å². The molecule has 100 valence electrons. The molecule has 1 N–H and O–H groups in total. The van der Waals surface area contributed by atoms with E-state index in [4.69, 9.17) is 0 Å². The minimum Gasteiger partial charge on any atom is -0.314 e. The van der Waals surface area contributed by atoms with E-state index < -0.39 is 0 Å². The van der Waals surface area contributed by atoms with Gasteiger partial charge in [0.1, 0.15) is 0 Å². The van der Waals surface area contributed by atoms with Crippen molar-refractivity contribution in [3.8, 4) is 11.3 Å². The van der Waals surface area contributed by atoms with Crippen LogP contribution in [0, 0.1) is 0 Å². The van der Waals surface area contributed by atoms with Crippen LogP contribution in [0.5, 0.6) is 0 Å². The molecule has 0 aliphatic heterocycles. The molecule has 0 saturated heterocycles. The summed E-state index contributed by atoms with van der Waals surface area (Å²) in [5.41, 5.74) is 3.39. The van der Waals surface area contributed by atoms with Crippen LogP contribution in [0.4, 0.5) is 0 Å². The van der Waals surface area contributed by atoms with Gasteiger partial charge >= 0.3 is 0 Å². The first-order valence-electron chi connectivity index (χ1n) is 6.88. The summed E-state index contributed by atoms with van der Waals surface area (Å²) in [6.07, 6.45) is 7.44. The molecule has 0 radical (unpaired) electrons. The van der Waals surface area contributed by atoms with Crippen molar-refractivity contribution in [3.05, 3.63) is 48.4 Å². The van der Waals surface area contributed by atoms with Crippen molar-refractivity contribution in [2.45, 2.75) is 32.7 Å². The quantitative estimate of drug-likeness (QED) is 0.862. The Bertz CT molecular complexity index is 479. The van der Waals surface area contributed by atoms with E-state index in [0.717, 1.165) is 24.2 Å². The van der Waals surface area contributed by atoms with Crippen molar-refractivity contribution < 1.29 is 0 Å². The second-order valence-corrected chi connectivity index (χ2v) is 4.85. The highest BCUT2D eigenvalue weighted by molar-refractivity contribution is 5.58. The Labute approximate surface area is 115 Å². The maximum atomic E-state index is 4.31. The number of benzene rings is 1. The predicted molar refractivity (Wildman–Crippen MR) is 78.9 cm³/mol. The first-order chi connectivity index (χ1) is 9.29. The van der Waals surface area contributed by atoms with Gasteiger partial charge in [-0.25, -0.2) is 0 Å². The van der Waals surface area contributed by atoms with E-state index in [1.807, 2.05) is 0 Å². The lowest BCUT2D eigenvalue weighted by atomic mass is 10.0. The third-order valence-electron chi connectivity index (χ3n) is 3.10. The van der Waals surface area contributed by atoms with Gasteiger partial charge in [0.05, 0.1) is 11.9 Å². The maximum absolute atomic E-state index is 4.31. The summed E-state index contributed by atoms with van der Waals surface area (Å²) in [5.74, 6) is 0. The third-order valence-corrected chi connectivity index (χ3v) is 3.10. The van der Waals surface area contributed by atoms with Crippen LogP contribution in [0.15, 0.2) is 42.9 Å². The summed E-state index contributed by atoms with van der Waals surface area (Å²) >= 11 is 0. The number of nitrogens with zero attached hydrogens (tertiary/aromatic N) is 2. The van der Waals surface area contributed by atoms with Gasteiger partial charge in [0.25, 0.3) is 0 Å². The van der Waals surface area contributed by atoms with E-state index in [-0.39, 0.29) is 0 Å². The standard InChI is InChI=1S/C16H21N3/c1-3-8-18-13(2)11-14-4-6-15(7-5-14)16-12-17-9-10-19-16/h4-7,9-10,12-13,18H,3,8,11H2,1-2H3. The molecule has 0 spiro atoms. The minimum atomic E-state index is 0.516. The largest absolute Gasteiger partial charge is 0.314 e. The van der Waals surface area contributed by atoms with Crippen LogP contribution in [0.3, 0.4) is 0 Å². The van der Waals surface area contributed by atoms with Crippen LogP contribution < -0.4 is 5.32 Å². The zero-order valence-corrected chi connectivity index (χ0v) is 11.6. The van der Waals surface area contributed by atoms with Crippen LogP contribution in [0.1, 0.15) is 25.8 Å². The fourth-order valence-electron chi connectivity index (χ4n) is 2.08. The molecule has 2 rings (SSSR count).